The van der Waals surface area contributed by atoms with E-state index in [1.807, 2.05) is 25.1 Å². The first-order valence-electron chi connectivity index (χ1n) is 8.77. The van der Waals surface area contributed by atoms with Crippen LogP contribution in [0.3, 0.4) is 0 Å². The zero-order valence-electron chi connectivity index (χ0n) is 14.5. The van der Waals surface area contributed by atoms with Gasteiger partial charge in [0.25, 0.3) is 0 Å². The van der Waals surface area contributed by atoms with Crippen LogP contribution in [0.25, 0.3) is 0 Å². The average molecular weight is 336 g/mol. The summed E-state index contributed by atoms with van der Waals surface area (Å²) in [5, 5.41) is 0. The van der Waals surface area contributed by atoms with Crippen molar-refractivity contribution in [3.05, 3.63) is 35.9 Å². The molecule has 0 bridgehead atoms. The fraction of sp³-hybridized carbons (Fsp3) is 0.632. The lowest BCUT2D eigenvalue weighted by atomic mass is 10.2. The predicted molar refractivity (Wildman–Crippen MR) is 90.7 cm³/mol. The molecule has 0 aliphatic heterocycles. The molecule has 0 heterocycles. The van der Waals surface area contributed by atoms with Gasteiger partial charge in [-0.05, 0) is 38.2 Å². The van der Waals surface area contributed by atoms with E-state index < -0.39 is 5.60 Å². The van der Waals surface area contributed by atoms with E-state index in [-0.39, 0.29) is 5.97 Å². The molecule has 24 heavy (non-hydrogen) atoms. The average Bonchev–Trinajstić information content (AvgIpc) is 3.39. The highest BCUT2D eigenvalue weighted by atomic mass is 16.6. The molecule has 134 valence electrons. The first kappa shape index (κ1) is 18.9. The van der Waals surface area contributed by atoms with Crippen molar-refractivity contribution >= 4 is 5.97 Å². The zero-order valence-corrected chi connectivity index (χ0v) is 14.5. The number of carbonyl (C=O) groups is 1. The molecule has 0 spiro atoms. The van der Waals surface area contributed by atoms with Crippen LogP contribution in [0.4, 0.5) is 0 Å². The Kier molecular flexibility index (Phi) is 8.22. The number of ether oxygens (including phenoxy) is 4. The standard InChI is InChI=1S/C19H28O5/c1-2-23-18(20)19(10-11-19)24-15-7-13-21-12-6-14-22-16-17-8-4-3-5-9-17/h3-5,8-9H,2,6-7,10-16H2,1H3. The summed E-state index contributed by atoms with van der Waals surface area (Å²) >= 11 is 0. The summed E-state index contributed by atoms with van der Waals surface area (Å²) in [6, 6.07) is 10.1. The van der Waals surface area contributed by atoms with Gasteiger partial charge in [-0.1, -0.05) is 30.3 Å². The molecule has 0 aromatic heterocycles. The molecular formula is C19H28O5. The molecule has 1 aromatic carbocycles. The number of hydrogen-bond acceptors (Lipinski definition) is 5. The molecule has 0 radical (unpaired) electrons. The maximum absolute atomic E-state index is 11.7. The van der Waals surface area contributed by atoms with E-state index in [9.17, 15) is 4.79 Å². The molecular weight excluding hydrogens is 308 g/mol. The van der Waals surface area contributed by atoms with E-state index in [4.69, 9.17) is 18.9 Å². The largest absolute Gasteiger partial charge is 0.464 e. The van der Waals surface area contributed by atoms with Crippen LogP contribution in [0.5, 0.6) is 0 Å². The molecule has 1 aliphatic carbocycles. The predicted octanol–water partition coefficient (Wildman–Crippen LogP) is 3.11. The first-order valence-corrected chi connectivity index (χ1v) is 8.77. The van der Waals surface area contributed by atoms with E-state index >= 15 is 0 Å². The van der Waals surface area contributed by atoms with Gasteiger partial charge in [0, 0.05) is 19.8 Å². The van der Waals surface area contributed by atoms with Gasteiger partial charge in [0.05, 0.1) is 19.8 Å². The van der Waals surface area contributed by atoms with Crippen LogP contribution in [-0.2, 0) is 30.3 Å². The summed E-state index contributed by atoms with van der Waals surface area (Å²) in [6.45, 7) is 5.39. The van der Waals surface area contributed by atoms with Gasteiger partial charge in [0.1, 0.15) is 0 Å². The monoisotopic (exact) mass is 336 g/mol. The van der Waals surface area contributed by atoms with Gasteiger partial charge in [0.2, 0.25) is 0 Å². The van der Waals surface area contributed by atoms with Crippen molar-refractivity contribution in [2.75, 3.05) is 33.0 Å². The molecule has 1 aliphatic rings. The van der Waals surface area contributed by atoms with E-state index in [2.05, 4.69) is 12.1 Å². The van der Waals surface area contributed by atoms with Crippen LogP contribution in [0.1, 0.15) is 38.2 Å². The van der Waals surface area contributed by atoms with E-state index in [0.717, 1.165) is 25.7 Å². The Morgan fingerprint density at radius 1 is 1.00 bits per heavy atom. The molecule has 0 N–H and O–H groups in total. The van der Waals surface area contributed by atoms with Gasteiger partial charge in [-0.2, -0.15) is 0 Å². The molecule has 1 fully saturated rings. The highest BCUT2D eigenvalue weighted by Crippen LogP contribution is 2.40. The number of hydrogen-bond donors (Lipinski definition) is 0. The van der Waals surface area contributed by atoms with Crippen molar-refractivity contribution in [2.24, 2.45) is 0 Å². The van der Waals surface area contributed by atoms with Crippen molar-refractivity contribution in [2.45, 2.75) is 44.8 Å². The van der Waals surface area contributed by atoms with Crippen LogP contribution in [0.2, 0.25) is 0 Å². The molecule has 0 atom stereocenters. The van der Waals surface area contributed by atoms with Gasteiger partial charge in [-0.3, -0.25) is 0 Å². The zero-order chi connectivity index (χ0) is 17.1. The van der Waals surface area contributed by atoms with Crippen LogP contribution in [0.15, 0.2) is 30.3 Å². The lowest BCUT2D eigenvalue weighted by molar-refractivity contribution is -0.160. The fourth-order valence-electron chi connectivity index (χ4n) is 2.34. The summed E-state index contributed by atoms with van der Waals surface area (Å²) in [4.78, 5) is 11.7. The third kappa shape index (κ3) is 6.59. The SMILES string of the molecule is CCOC(=O)C1(OCCCOCCCOCc2ccccc2)CC1. The number of esters is 1. The second kappa shape index (κ2) is 10.4. The summed E-state index contributed by atoms with van der Waals surface area (Å²) < 4.78 is 21.8. The topological polar surface area (TPSA) is 54.0 Å². The van der Waals surface area contributed by atoms with Crippen molar-refractivity contribution in [1.29, 1.82) is 0 Å². The summed E-state index contributed by atoms with van der Waals surface area (Å²) in [5.74, 6) is -0.221. The van der Waals surface area contributed by atoms with Crippen molar-refractivity contribution in [1.82, 2.24) is 0 Å². The van der Waals surface area contributed by atoms with E-state index in [0.29, 0.717) is 39.6 Å². The fourth-order valence-corrected chi connectivity index (χ4v) is 2.34. The molecule has 0 saturated heterocycles. The molecule has 0 unspecified atom stereocenters. The van der Waals surface area contributed by atoms with Crippen LogP contribution >= 0.6 is 0 Å². The number of benzene rings is 1. The van der Waals surface area contributed by atoms with Gasteiger partial charge in [0.15, 0.2) is 5.60 Å². The van der Waals surface area contributed by atoms with Crippen LogP contribution in [0, 0.1) is 0 Å². The third-order valence-electron chi connectivity index (χ3n) is 3.85. The minimum Gasteiger partial charge on any atom is -0.464 e. The number of rotatable bonds is 13. The molecule has 2 rings (SSSR count). The maximum Gasteiger partial charge on any atom is 0.338 e. The minimum atomic E-state index is -0.651. The number of carbonyl (C=O) groups excluding carboxylic acids is 1. The molecule has 1 saturated carbocycles. The Morgan fingerprint density at radius 3 is 2.33 bits per heavy atom. The Balaban J connectivity index is 1.39. The maximum atomic E-state index is 11.7. The van der Waals surface area contributed by atoms with Gasteiger partial charge in [-0.25, -0.2) is 4.79 Å². The third-order valence-corrected chi connectivity index (χ3v) is 3.85. The highest BCUT2D eigenvalue weighted by Gasteiger charge is 2.52. The van der Waals surface area contributed by atoms with Gasteiger partial charge >= 0.3 is 5.97 Å². The van der Waals surface area contributed by atoms with Crippen molar-refractivity contribution < 1.29 is 23.7 Å². The molecule has 5 nitrogen and oxygen atoms in total. The lowest BCUT2D eigenvalue weighted by Gasteiger charge is -2.14. The quantitative estimate of drug-likeness (QED) is 0.409. The smallest absolute Gasteiger partial charge is 0.338 e. The molecule has 5 heteroatoms. The second-order valence-electron chi connectivity index (χ2n) is 5.92. The van der Waals surface area contributed by atoms with Gasteiger partial charge < -0.3 is 18.9 Å². The Labute approximate surface area is 144 Å². The van der Waals surface area contributed by atoms with Crippen LogP contribution < -0.4 is 0 Å². The second-order valence-corrected chi connectivity index (χ2v) is 5.92. The van der Waals surface area contributed by atoms with Gasteiger partial charge in [-0.15, -0.1) is 0 Å². The summed E-state index contributed by atoms with van der Waals surface area (Å²) in [5.41, 5.74) is 0.535. The molecule has 1 aromatic rings. The Bertz CT molecular complexity index is 470. The Morgan fingerprint density at radius 2 is 1.67 bits per heavy atom. The van der Waals surface area contributed by atoms with Crippen molar-refractivity contribution in [3.8, 4) is 0 Å². The summed E-state index contributed by atoms with van der Waals surface area (Å²) in [7, 11) is 0. The normalized spacial score (nSPS) is 15.2. The Hall–Kier alpha value is -1.43. The summed E-state index contributed by atoms with van der Waals surface area (Å²) in [6.07, 6.45) is 3.20. The van der Waals surface area contributed by atoms with E-state index in [1.54, 1.807) is 0 Å². The van der Waals surface area contributed by atoms with E-state index in [1.165, 1.54) is 5.56 Å². The first-order chi connectivity index (χ1) is 11.8. The van der Waals surface area contributed by atoms with Crippen LogP contribution in [-0.4, -0.2) is 44.6 Å². The lowest BCUT2D eigenvalue weighted by Crippen LogP contribution is -2.29. The highest BCUT2D eigenvalue weighted by molar-refractivity contribution is 5.82. The molecule has 0 amide bonds. The minimum absolute atomic E-state index is 0.221. The van der Waals surface area contributed by atoms with Crippen molar-refractivity contribution in [3.63, 3.8) is 0 Å².